The fourth-order valence-corrected chi connectivity index (χ4v) is 4.99. The Bertz CT molecular complexity index is 1300. The largest absolute Gasteiger partial charge is 0.489 e. The average Bonchev–Trinajstić information content (AvgIpc) is 2.99. The molecule has 0 aliphatic carbocycles. The van der Waals surface area contributed by atoms with E-state index in [2.05, 4.69) is 81.1 Å². The van der Waals surface area contributed by atoms with Crippen molar-refractivity contribution in [3.8, 4) is 5.75 Å². The summed E-state index contributed by atoms with van der Waals surface area (Å²) in [6.45, 7) is 10.6. The van der Waals surface area contributed by atoms with Gasteiger partial charge >= 0.3 is 5.97 Å². The number of hydrogen-bond acceptors (Lipinski definition) is 4. The molecule has 1 atom stereocenters. The standard InChI is InChI=1S/C29H37NO2.C7H6O2/c1-22(2)30(23(3)4)18-17-27(26-13-9-6-10-14-26)28-19-25(20-31)15-16-29(28)32-21-24-11-7-5-8-12-24;8-7(9)6-4-2-1-3-5-6/h5-16,19,22-23,27,31H,17-18,20-21H2,1-4H3;1-5H,(H,8,9)/t27-;/m1./s1. The molecule has 4 aromatic rings. The molecule has 5 nitrogen and oxygen atoms in total. The van der Waals surface area contributed by atoms with Gasteiger partial charge in [-0.2, -0.15) is 0 Å². The number of nitrogens with zero attached hydrogens (tertiary/aromatic N) is 1. The van der Waals surface area contributed by atoms with E-state index in [4.69, 9.17) is 9.84 Å². The number of aliphatic hydroxyl groups excluding tert-OH is 1. The number of carboxylic acid groups (broad SMARTS) is 1. The lowest BCUT2D eigenvalue weighted by Gasteiger charge is -2.32. The van der Waals surface area contributed by atoms with Crippen molar-refractivity contribution < 1.29 is 19.7 Å². The second-order valence-corrected chi connectivity index (χ2v) is 10.7. The van der Waals surface area contributed by atoms with Crippen LogP contribution < -0.4 is 4.74 Å². The van der Waals surface area contributed by atoms with Crippen LogP contribution in [0.1, 0.15) is 72.6 Å². The molecule has 41 heavy (non-hydrogen) atoms. The number of hydrogen-bond donors (Lipinski definition) is 2. The zero-order chi connectivity index (χ0) is 29.6. The Hall–Kier alpha value is -3.93. The lowest BCUT2D eigenvalue weighted by atomic mass is 9.86. The van der Waals surface area contributed by atoms with Crippen LogP contribution in [0.2, 0.25) is 0 Å². The van der Waals surface area contributed by atoms with Crippen molar-refractivity contribution in [1.82, 2.24) is 4.90 Å². The van der Waals surface area contributed by atoms with Crippen molar-refractivity contribution in [2.75, 3.05) is 6.54 Å². The second kappa shape index (κ2) is 16.4. The van der Waals surface area contributed by atoms with Crippen molar-refractivity contribution in [3.63, 3.8) is 0 Å². The molecule has 4 rings (SSSR count). The molecule has 0 amide bonds. The smallest absolute Gasteiger partial charge is 0.335 e. The molecule has 0 heterocycles. The minimum Gasteiger partial charge on any atom is -0.489 e. The van der Waals surface area contributed by atoms with Crippen LogP contribution in [0.5, 0.6) is 5.75 Å². The summed E-state index contributed by atoms with van der Waals surface area (Å²) in [5.41, 5.74) is 4.81. The molecule has 0 aliphatic rings. The molecule has 2 N–H and O–H groups in total. The van der Waals surface area contributed by atoms with Crippen LogP contribution in [0.25, 0.3) is 0 Å². The third kappa shape index (κ3) is 9.89. The van der Waals surface area contributed by atoms with Gasteiger partial charge < -0.3 is 14.9 Å². The van der Waals surface area contributed by atoms with Crippen LogP contribution in [0.4, 0.5) is 0 Å². The van der Waals surface area contributed by atoms with E-state index >= 15 is 0 Å². The summed E-state index contributed by atoms with van der Waals surface area (Å²) < 4.78 is 6.33. The lowest BCUT2D eigenvalue weighted by molar-refractivity contribution is 0.0697. The van der Waals surface area contributed by atoms with Crippen LogP contribution in [0.3, 0.4) is 0 Å². The summed E-state index contributed by atoms with van der Waals surface area (Å²) in [6.07, 6.45) is 0.983. The highest BCUT2D eigenvalue weighted by molar-refractivity contribution is 5.87. The highest BCUT2D eigenvalue weighted by atomic mass is 16.5. The third-order valence-electron chi connectivity index (χ3n) is 7.09. The fourth-order valence-electron chi connectivity index (χ4n) is 4.99. The van der Waals surface area contributed by atoms with Gasteiger partial charge in [0.2, 0.25) is 0 Å². The molecular formula is C36H43NO4. The van der Waals surface area contributed by atoms with E-state index in [1.54, 1.807) is 30.3 Å². The van der Waals surface area contributed by atoms with E-state index in [1.165, 1.54) is 5.56 Å². The van der Waals surface area contributed by atoms with Gasteiger partial charge in [-0.1, -0.05) is 84.9 Å². The summed E-state index contributed by atoms with van der Waals surface area (Å²) in [4.78, 5) is 12.7. The number of rotatable bonds is 12. The van der Waals surface area contributed by atoms with Crippen LogP contribution in [-0.4, -0.2) is 39.7 Å². The predicted octanol–water partition coefficient (Wildman–Crippen LogP) is 7.78. The first kappa shape index (κ1) is 31.6. The van der Waals surface area contributed by atoms with Gasteiger partial charge in [0.15, 0.2) is 0 Å². The maximum absolute atomic E-state index is 10.2. The Kier molecular flexibility index (Phi) is 12.6. The van der Waals surface area contributed by atoms with Gasteiger partial charge in [0.25, 0.3) is 0 Å². The first-order valence-corrected chi connectivity index (χ1v) is 14.3. The zero-order valence-electron chi connectivity index (χ0n) is 24.6. The van der Waals surface area contributed by atoms with Gasteiger partial charge in [0, 0.05) is 23.6 Å². The molecule has 0 radical (unpaired) electrons. The van der Waals surface area contributed by atoms with Crippen molar-refractivity contribution >= 4 is 5.97 Å². The molecule has 0 saturated carbocycles. The Morgan fingerprint density at radius 1 is 0.756 bits per heavy atom. The van der Waals surface area contributed by atoms with Gasteiger partial charge in [-0.15, -0.1) is 0 Å². The zero-order valence-corrected chi connectivity index (χ0v) is 24.6. The van der Waals surface area contributed by atoms with Gasteiger partial charge in [-0.25, -0.2) is 4.79 Å². The second-order valence-electron chi connectivity index (χ2n) is 10.7. The molecular weight excluding hydrogens is 510 g/mol. The van der Waals surface area contributed by atoms with Crippen LogP contribution in [0, 0.1) is 0 Å². The molecule has 0 fully saturated rings. The monoisotopic (exact) mass is 553 g/mol. The molecule has 0 saturated heterocycles. The summed E-state index contributed by atoms with van der Waals surface area (Å²) in [6, 6.07) is 36.3. The van der Waals surface area contributed by atoms with E-state index in [9.17, 15) is 9.90 Å². The quantitative estimate of drug-likeness (QED) is 0.187. The van der Waals surface area contributed by atoms with Crippen molar-refractivity contribution in [2.45, 2.75) is 65.3 Å². The van der Waals surface area contributed by atoms with Crippen LogP contribution in [-0.2, 0) is 13.2 Å². The molecule has 0 aromatic heterocycles. The van der Waals surface area contributed by atoms with E-state index in [1.807, 2.05) is 30.3 Å². The first-order valence-electron chi connectivity index (χ1n) is 14.3. The third-order valence-corrected chi connectivity index (χ3v) is 7.09. The maximum atomic E-state index is 10.2. The Morgan fingerprint density at radius 3 is 1.83 bits per heavy atom. The summed E-state index contributed by atoms with van der Waals surface area (Å²) in [5.74, 6) is 0.199. The molecule has 216 valence electrons. The van der Waals surface area contributed by atoms with Crippen molar-refractivity contribution in [2.24, 2.45) is 0 Å². The van der Waals surface area contributed by atoms with E-state index in [0.717, 1.165) is 35.4 Å². The topological polar surface area (TPSA) is 70.0 Å². The Balaban J connectivity index is 0.000000436. The summed E-state index contributed by atoms with van der Waals surface area (Å²) >= 11 is 0. The average molecular weight is 554 g/mol. The minimum absolute atomic E-state index is 0.0254. The van der Waals surface area contributed by atoms with Crippen LogP contribution >= 0.6 is 0 Å². The SMILES string of the molecule is CC(C)N(CC[C@H](c1ccccc1)c1cc(CO)ccc1OCc1ccccc1)C(C)C.O=C(O)c1ccccc1. The van der Waals surface area contributed by atoms with Gasteiger partial charge in [0.05, 0.1) is 12.2 Å². The molecule has 4 aromatic carbocycles. The number of carboxylic acids is 1. The van der Waals surface area contributed by atoms with Gasteiger partial charge in [-0.3, -0.25) is 4.90 Å². The van der Waals surface area contributed by atoms with Gasteiger partial charge in [0.1, 0.15) is 12.4 Å². The Labute approximate surface area is 245 Å². The van der Waals surface area contributed by atoms with Crippen molar-refractivity contribution in [3.05, 3.63) is 137 Å². The number of benzene rings is 4. The minimum atomic E-state index is -0.879. The summed E-state index contributed by atoms with van der Waals surface area (Å²) in [7, 11) is 0. The molecule has 5 heteroatoms. The normalized spacial score (nSPS) is 11.7. The molecule has 0 bridgehead atoms. The molecule has 0 spiro atoms. The summed E-state index contributed by atoms with van der Waals surface area (Å²) in [5, 5.41) is 18.2. The maximum Gasteiger partial charge on any atom is 0.335 e. The molecule has 0 aliphatic heterocycles. The van der Waals surface area contributed by atoms with E-state index in [-0.39, 0.29) is 12.5 Å². The van der Waals surface area contributed by atoms with Gasteiger partial charge in [-0.05, 0) is 81.6 Å². The number of ether oxygens (including phenoxy) is 1. The Morgan fingerprint density at radius 2 is 1.32 bits per heavy atom. The first-order chi connectivity index (χ1) is 19.8. The van der Waals surface area contributed by atoms with E-state index < -0.39 is 5.97 Å². The molecule has 0 unspecified atom stereocenters. The van der Waals surface area contributed by atoms with Crippen LogP contribution in [0.15, 0.2) is 109 Å². The predicted molar refractivity (Wildman–Crippen MR) is 166 cm³/mol. The highest BCUT2D eigenvalue weighted by Gasteiger charge is 2.22. The number of carbonyl (C=O) groups is 1. The number of aliphatic hydroxyl groups is 1. The van der Waals surface area contributed by atoms with E-state index in [0.29, 0.717) is 24.3 Å². The lowest BCUT2D eigenvalue weighted by Crippen LogP contribution is -2.38. The highest BCUT2D eigenvalue weighted by Crippen LogP contribution is 2.36. The fraction of sp³-hybridized carbons (Fsp3) is 0.306. The van der Waals surface area contributed by atoms with Crippen molar-refractivity contribution in [1.29, 1.82) is 0 Å². The number of aromatic carboxylic acids is 1.